The van der Waals surface area contributed by atoms with Crippen LogP contribution in [0.3, 0.4) is 0 Å². The summed E-state index contributed by atoms with van der Waals surface area (Å²) in [5, 5.41) is 3.50. The Morgan fingerprint density at radius 3 is 2.81 bits per heavy atom. The molecule has 0 spiro atoms. The fourth-order valence-corrected chi connectivity index (χ4v) is 2.04. The van der Waals surface area contributed by atoms with Crippen LogP contribution < -0.4 is 5.32 Å². The minimum absolute atomic E-state index is 0.212. The molecule has 1 aromatic carbocycles. The summed E-state index contributed by atoms with van der Waals surface area (Å²) >= 11 is 0. The van der Waals surface area contributed by atoms with Crippen molar-refractivity contribution < 1.29 is 4.74 Å². The highest BCUT2D eigenvalue weighted by Crippen LogP contribution is 2.22. The highest BCUT2D eigenvalue weighted by atomic mass is 16.5. The third-order valence-electron chi connectivity index (χ3n) is 3.42. The number of hydrogen-bond acceptors (Lipinski definition) is 2. The number of benzene rings is 1. The lowest BCUT2D eigenvalue weighted by Gasteiger charge is -2.17. The number of ether oxygens (including phenoxy) is 1. The molecule has 0 aromatic heterocycles. The molecule has 2 atom stereocenters. The molecule has 2 unspecified atom stereocenters. The Labute approximate surface area is 98.0 Å². The van der Waals surface area contributed by atoms with Crippen molar-refractivity contribution >= 4 is 0 Å². The second-order valence-electron chi connectivity index (χ2n) is 4.80. The van der Waals surface area contributed by atoms with Gasteiger partial charge in [-0.2, -0.15) is 0 Å². The molecule has 16 heavy (non-hydrogen) atoms. The predicted octanol–water partition coefficient (Wildman–Crippen LogP) is 2.74. The van der Waals surface area contributed by atoms with Gasteiger partial charge in [-0.25, -0.2) is 0 Å². The predicted molar refractivity (Wildman–Crippen MR) is 66.7 cm³/mol. The standard InChI is InChI=1S/C14H21NO/c1-10-4-5-13(8-11(10)2)14-9-15-12(3)6-7-16-14/h4-5,8,12,14-15H,6-7,9H2,1-3H3. The number of hydrogen-bond donors (Lipinski definition) is 1. The molecule has 88 valence electrons. The van der Waals surface area contributed by atoms with Crippen molar-refractivity contribution in [2.45, 2.75) is 39.3 Å². The molecule has 1 aromatic rings. The van der Waals surface area contributed by atoms with E-state index in [-0.39, 0.29) is 6.10 Å². The quantitative estimate of drug-likeness (QED) is 0.784. The Kier molecular flexibility index (Phi) is 3.62. The van der Waals surface area contributed by atoms with Crippen molar-refractivity contribution in [1.29, 1.82) is 0 Å². The molecule has 1 aliphatic heterocycles. The van der Waals surface area contributed by atoms with Crippen LogP contribution in [-0.4, -0.2) is 19.2 Å². The molecule has 1 N–H and O–H groups in total. The highest BCUT2D eigenvalue weighted by molar-refractivity contribution is 5.31. The van der Waals surface area contributed by atoms with E-state index in [0.29, 0.717) is 6.04 Å². The molecular weight excluding hydrogens is 198 g/mol. The minimum Gasteiger partial charge on any atom is -0.372 e. The van der Waals surface area contributed by atoms with Crippen LogP contribution in [0.4, 0.5) is 0 Å². The monoisotopic (exact) mass is 219 g/mol. The van der Waals surface area contributed by atoms with E-state index in [2.05, 4.69) is 44.3 Å². The van der Waals surface area contributed by atoms with Crippen LogP contribution in [0.25, 0.3) is 0 Å². The fraction of sp³-hybridized carbons (Fsp3) is 0.571. The Morgan fingerprint density at radius 1 is 1.25 bits per heavy atom. The summed E-state index contributed by atoms with van der Waals surface area (Å²) in [6, 6.07) is 7.18. The van der Waals surface area contributed by atoms with Gasteiger partial charge in [0.2, 0.25) is 0 Å². The molecule has 0 saturated carbocycles. The molecular formula is C14H21NO. The van der Waals surface area contributed by atoms with Gasteiger partial charge in [0.25, 0.3) is 0 Å². The highest BCUT2D eigenvalue weighted by Gasteiger charge is 2.17. The average Bonchev–Trinajstić information content (AvgIpc) is 2.47. The van der Waals surface area contributed by atoms with Gasteiger partial charge < -0.3 is 10.1 Å². The Bertz CT molecular complexity index is 362. The van der Waals surface area contributed by atoms with Crippen LogP contribution in [0.15, 0.2) is 18.2 Å². The van der Waals surface area contributed by atoms with Crippen molar-refractivity contribution in [3.05, 3.63) is 34.9 Å². The van der Waals surface area contributed by atoms with Gasteiger partial charge in [-0.1, -0.05) is 18.2 Å². The Hall–Kier alpha value is -0.860. The maximum absolute atomic E-state index is 5.89. The Morgan fingerprint density at radius 2 is 2.06 bits per heavy atom. The van der Waals surface area contributed by atoms with E-state index in [9.17, 15) is 0 Å². The third-order valence-corrected chi connectivity index (χ3v) is 3.42. The van der Waals surface area contributed by atoms with Crippen molar-refractivity contribution in [1.82, 2.24) is 5.32 Å². The van der Waals surface area contributed by atoms with E-state index in [4.69, 9.17) is 4.74 Å². The molecule has 0 bridgehead atoms. The summed E-state index contributed by atoms with van der Waals surface area (Å²) < 4.78 is 5.89. The first kappa shape index (κ1) is 11.6. The molecule has 0 radical (unpaired) electrons. The van der Waals surface area contributed by atoms with Crippen LogP contribution in [0.2, 0.25) is 0 Å². The molecule has 0 aliphatic carbocycles. The second-order valence-corrected chi connectivity index (χ2v) is 4.80. The van der Waals surface area contributed by atoms with E-state index >= 15 is 0 Å². The van der Waals surface area contributed by atoms with Crippen molar-refractivity contribution in [3.8, 4) is 0 Å². The van der Waals surface area contributed by atoms with Crippen LogP contribution in [0.1, 0.15) is 36.1 Å². The maximum Gasteiger partial charge on any atom is 0.0949 e. The first-order chi connectivity index (χ1) is 7.66. The van der Waals surface area contributed by atoms with Gasteiger partial charge in [-0.3, -0.25) is 0 Å². The minimum atomic E-state index is 0.212. The van der Waals surface area contributed by atoms with Crippen LogP contribution in [0.5, 0.6) is 0 Å². The van der Waals surface area contributed by atoms with Crippen molar-refractivity contribution in [3.63, 3.8) is 0 Å². The normalized spacial score (nSPS) is 26.4. The molecule has 0 amide bonds. The van der Waals surface area contributed by atoms with Crippen molar-refractivity contribution in [2.24, 2.45) is 0 Å². The summed E-state index contributed by atoms with van der Waals surface area (Å²) in [7, 11) is 0. The molecule has 1 aliphatic rings. The van der Waals surface area contributed by atoms with E-state index in [0.717, 1.165) is 19.6 Å². The zero-order valence-corrected chi connectivity index (χ0v) is 10.4. The van der Waals surface area contributed by atoms with E-state index in [1.54, 1.807) is 0 Å². The lowest BCUT2D eigenvalue weighted by Crippen LogP contribution is -2.27. The summed E-state index contributed by atoms with van der Waals surface area (Å²) in [6.07, 6.45) is 1.31. The zero-order chi connectivity index (χ0) is 11.5. The van der Waals surface area contributed by atoms with Gasteiger partial charge in [-0.15, -0.1) is 0 Å². The van der Waals surface area contributed by atoms with Gasteiger partial charge in [0.15, 0.2) is 0 Å². The molecule has 1 fully saturated rings. The molecule has 1 saturated heterocycles. The van der Waals surface area contributed by atoms with Gasteiger partial charge in [0.05, 0.1) is 6.10 Å². The van der Waals surface area contributed by atoms with Gasteiger partial charge in [-0.05, 0) is 43.9 Å². The SMILES string of the molecule is Cc1ccc(C2CNC(C)CCO2)cc1C. The summed E-state index contributed by atoms with van der Waals surface area (Å²) in [5.41, 5.74) is 3.99. The first-order valence-corrected chi connectivity index (χ1v) is 6.09. The second kappa shape index (κ2) is 4.98. The van der Waals surface area contributed by atoms with E-state index in [1.807, 2.05) is 0 Å². The number of aryl methyl sites for hydroxylation is 2. The van der Waals surface area contributed by atoms with Gasteiger partial charge in [0, 0.05) is 19.2 Å². The molecule has 1 heterocycles. The fourth-order valence-electron chi connectivity index (χ4n) is 2.04. The van der Waals surface area contributed by atoms with E-state index < -0.39 is 0 Å². The van der Waals surface area contributed by atoms with Crippen LogP contribution in [-0.2, 0) is 4.74 Å². The largest absolute Gasteiger partial charge is 0.372 e. The zero-order valence-electron chi connectivity index (χ0n) is 10.4. The first-order valence-electron chi connectivity index (χ1n) is 6.09. The summed E-state index contributed by atoms with van der Waals surface area (Å²) in [5.74, 6) is 0. The van der Waals surface area contributed by atoms with Gasteiger partial charge >= 0.3 is 0 Å². The average molecular weight is 219 g/mol. The third kappa shape index (κ3) is 2.63. The molecule has 2 heteroatoms. The van der Waals surface area contributed by atoms with Crippen molar-refractivity contribution in [2.75, 3.05) is 13.2 Å². The number of rotatable bonds is 1. The van der Waals surface area contributed by atoms with Gasteiger partial charge in [0.1, 0.15) is 0 Å². The molecule has 2 nitrogen and oxygen atoms in total. The lowest BCUT2D eigenvalue weighted by molar-refractivity contribution is 0.0664. The van der Waals surface area contributed by atoms with Crippen LogP contribution in [0, 0.1) is 13.8 Å². The lowest BCUT2D eigenvalue weighted by atomic mass is 10.0. The molecule has 2 rings (SSSR count). The summed E-state index contributed by atoms with van der Waals surface area (Å²) in [4.78, 5) is 0. The smallest absolute Gasteiger partial charge is 0.0949 e. The maximum atomic E-state index is 5.89. The number of nitrogens with one attached hydrogen (secondary N) is 1. The van der Waals surface area contributed by atoms with E-state index in [1.165, 1.54) is 16.7 Å². The Balaban J connectivity index is 2.13. The van der Waals surface area contributed by atoms with Crippen LogP contribution >= 0.6 is 0 Å². The topological polar surface area (TPSA) is 21.3 Å². The summed E-state index contributed by atoms with van der Waals surface area (Å²) in [6.45, 7) is 8.29.